The number of amides is 3. The van der Waals surface area contributed by atoms with E-state index in [2.05, 4.69) is 16.0 Å². The fourth-order valence-electron chi connectivity index (χ4n) is 3.76. The minimum Gasteiger partial charge on any atom is -0.368 e. The molecule has 25 heavy (non-hydrogen) atoms. The van der Waals surface area contributed by atoms with Crippen LogP contribution in [0.4, 0.5) is 5.69 Å². The molecule has 0 aromatic heterocycles. The van der Waals surface area contributed by atoms with Gasteiger partial charge in [0.05, 0.1) is 12.6 Å². The van der Waals surface area contributed by atoms with Crippen LogP contribution in [0.15, 0.2) is 24.3 Å². The Kier molecular flexibility index (Phi) is 5.33. The summed E-state index contributed by atoms with van der Waals surface area (Å²) in [5.74, 6) is -0.481. The molecule has 1 saturated carbocycles. The van der Waals surface area contributed by atoms with E-state index in [1.165, 1.54) is 19.3 Å². The summed E-state index contributed by atoms with van der Waals surface area (Å²) in [6, 6.07) is 6.92. The lowest BCUT2D eigenvalue weighted by molar-refractivity contribution is -0.118. The monoisotopic (exact) mass is 344 g/mol. The number of hydrogen-bond acceptors (Lipinski definition) is 4. The topological polar surface area (TPSA) is 113 Å². The van der Waals surface area contributed by atoms with E-state index in [4.69, 9.17) is 5.73 Å². The highest BCUT2D eigenvalue weighted by atomic mass is 16.2. The van der Waals surface area contributed by atoms with Crippen molar-refractivity contribution in [1.82, 2.24) is 10.6 Å². The van der Waals surface area contributed by atoms with Gasteiger partial charge in [-0.05, 0) is 43.4 Å². The van der Waals surface area contributed by atoms with E-state index in [1.54, 1.807) is 24.3 Å². The Morgan fingerprint density at radius 2 is 2.00 bits per heavy atom. The van der Waals surface area contributed by atoms with Crippen LogP contribution in [-0.4, -0.2) is 36.3 Å². The lowest BCUT2D eigenvalue weighted by atomic mass is 9.85. The smallest absolute Gasteiger partial charge is 0.251 e. The number of hydrogen-bond donors (Lipinski definition) is 4. The van der Waals surface area contributed by atoms with Crippen LogP contribution >= 0.6 is 0 Å². The molecule has 1 aromatic rings. The second-order valence-electron chi connectivity index (χ2n) is 6.83. The van der Waals surface area contributed by atoms with Crippen LogP contribution in [0.25, 0.3) is 0 Å². The van der Waals surface area contributed by atoms with Crippen LogP contribution in [0.2, 0.25) is 0 Å². The van der Waals surface area contributed by atoms with E-state index < -0.39 is 11.8 Å². The molecule has 1 heterocycles. The SMILES string of the molecule is NC(=O)CNC(=O)c1cccc(NC(=O)C2CC3CCCCC3N2)c1. The zero-order valence-corrected chi connectivity index (χ0v) is 14.1. The van der Waals surface area contributed by atoms with Crippen molar-refractivity contribution in [3.05, 3.63) is 29.8 Å². The number of nitrogens with two attached hydrogens (primary N) is 1. The maximum Gasteiger partial charge on any atom is 0.251 e. The summed E-state index contributed by atoms with van der Waals surface area (Å²) in [7, 11) is 0. The van der Waals surface area contributed by atoms with Crippen molar-refractivity contribution in [3.63, 3.8) is 0 Å². The molecule has 3 amide bonds. The quantitative estimate of drug-likeness (QED) is 0.631. The Morgan fingerprint density at radius 3 is 2.76 bits per heavy atom. The summed E-state index contributed by atoms with van der Waals surface area (Å²) in [5, 5.41) is 8.75. The number of primary amides is 1. The first-order chi connectivity index (χ1) is 12.0. The predicted molar refractivity (Wildman–Crippen MR) is 93.9 cm³/mol. The molecule has 7 heteroatoms. The average Bonchev–Trinajstić information content (AvgIpc) is 3.04. The maximum absolute atomic E-state index is 12.5. The summed E-state index contributed by atoms with van der Waals surface area (Å²) in [6.07, 6.45) is 5.68. The number of carbonyl (C=O) groups excluding carboxylic acids is 3. The highest BCUT2D eigenvalue weighted by molar-refractivity contribution is 5.99. The van der Waals surface area contributed by atoms with Crippen molar-refractivity contribution in [2.75, 3.05) is 11.9 Å². The minimum absolute atomic E-state index is 0.0657. The van der Waals surface area contributed by atoms with E-state index in [0.29, 0.717) is 23.2 Å². The largest absolute Gasteiger partial charge is 0.368 e. The third-order valence-corrected chi connectivity index (χ3v) is 4.99. The zero-order chi connectivity index (χ0) is 17.8. The molecule has 3 unspecified atom stereocenters. The molecule has 1 saturated heterocycles. The van der Waals surface area contributed by atoms with E-state index >= 15 is 0 Å². The first kappa shape index (κ1) is 17.4. The summed E-state index contributed by atoms with van der Waals surface area (Å²) in [6.45, 7) is -0.218. The molecule has 2 fully saturated rings. The Morgan fingerprint density at radius 1 is 1.20 bits per heavy atom. The van der Waals surface area contributed by atoms with Gasteiger partial charge in [0, 0.05) is 17.3 Å². The number of rotatable bonds is 5. The predicted octanol–water partition coefficient (Wildman–Crippen LogP) is 0.761. The molecule has 1 aliphatic heterocycles. The summed E-state index contributed by atoms with van der Waals surface area (Å²) < 4.78 is 0. The maximum atomic E-state index is 12.5. The van der Waals surface area contributed by atoms with Gasteiger partial charge in [-0.1, -0.05) is 18.9 Å². The lowest BCUT2D eigenvalue weighted by Crippen LogP contribution is -2.39. The molecule has 3 atom stereocenters. The number of carbonyl (C=O) groups is 3. The van der Waals surface area contributed by atoms with Gasteiger partial charge in [0.25, 0.3) is 5.91 Å². The van der Waals surface area contributed by atoms with Gasteiger partial charge in [-0.25, -0.2) is 0 Å². The van der Waals surface area contributed by atoms with Crippen molar-refractivity contribution in [3.8, 4) is 0 Å². The first-order valence-corrected chi connectivity index (χ1v) is 8.76. The number of nitrogens with one attached hydrogen (secondary N) is 3. The fourth-order valence-corrected chi connectivity index (χ4v) is 3.76. The van der Waals surface area contributed by atoms with Gasteiger partial charge in [0.2, 0.25) is 11.8 Å². The Bertz CT molecular complexity index is 662. The standard InChI is InChI=1S/C18H24N4O3/c19-16(23)10-20-17(24)12-5-3-6-13(8-12)21-18(25)15-9-11-4-1-2-7-14(11)22-15/h3,5-6,8,11,14-15,22H,1-2,4,7,9-10H2,(H2,19,23)(H,20,24)(H,21,25). The van der Waals surface area contributed by atoms with Crippen LogP contribution in [-0.2, 0) is 9.59 Å². The van der Waals surface area contributed by atoms with Crippen molar-refractivity contribution in [2.24, 2.45) is 11.7 Å². The van der Waals surface area contributed by atoms with E-state index in [0.717, 1.165) is 12.8 Å². The van der Waals surface area contributed by atoms with Crippen LogP contribution in [0.1, 0.15) is 42.5 Å². The van der Waals surface area contributed by atoms with Gasteiger partial charge in [-0.15, -0.1) is 0 Å². The van der Waals surface area contributed by atoms with E-state index in [9.17, 15) is 14.4 Å². The highest BCUT2D eigenvalue weighted by Crippen LogP contribution is 2.33. The molecule has 1 aliphatic carbocycles. The normalized spacial score (nSPS) is 25.0. The molecule has 3 rings (SSSR count). The second-order valence-corrected chi connectivity index (χ2v) is 6.83. The molecular weight excluding hydrogens is 320 g/mol. The molecular formula is C18H24N4O3. The number of anilines is 1. The molecule has 0 spiro atoms. The fraction of sp³-hybridized carbons (Fsp3) is 0.500. The summed E-state index contributed by atoms with van der Waals surface area (Å²) in [5.41, 5.74) is 5.95. The second kappa shape index (κ2) is 7.65. The van der Waals surface area contributed by atoms with Crippen molar-refractivity contribution in [2.45, 2.75) is 44.2 Å². The lowest BCUT2D eigenvalue weighted by Gasteiger charge is -2.24. The molecule has 134 valence electrons. The van der Waals surface area contributed by atoms with Gasteiger partial charge in [0.1, 0.15) is 0 Å². The molecule has 0 bridgehead atoms. The Hall–Kier alpha value is -2.41. The Labute approximate surface area is 146 Å². The highest BCUT2D eigenvalue weighted by Gasteiger charge is 2.38. The summed E-state index contributed by atoms with van der Waals surface area (Å²) in [4.78, 5) is 35.2. The van der Waals surface area contributed by atoms with Crippen LogP contribution < -0.4 is 21.7 Å². The zero-order valence-electron chi connectivity index (χ0n) is 14.1. The van der Waals surface area contributed by atoms with Crippen LogP contribution in [0.5, 0.6) is 0 Å². The third-order valence-electron chi connectivity index (χ3n) is 4.99. The van der Waals surface area contributed by atoms with Gasteiger partial charge < -0.3 is 21.7 Å². The average molecular weight is 344 g/mol. The van der Waals surface area contributed by atoms with Crippen molar-refractivity contribution in [1.29, 1.82) is 0 Å². The van der Waals surface area contributed by atoms with Gasteiger partial charge in [-0.2, -0.15) is 0 Å². The van der Waals surface area contributed by atoms with Crippen molar-refractivity contribution < 1.29 is 14.4 Å². The van der Waals surface area contributed by atoms with Gasteiger partial charge in [0.15, 0.2) is 0 Å². The van der Waals surface area contributed by atoms with Gasteiger partial charge >= 0.3 is 0 Å². The van der Waals surface area contributed by atoms with E-state index in [1.807, 2.05) is 0 Å². The molecule has 7 nitrogen and oxygen atoms in total. The first-order valence-electron chi connectivity index (χ1n) is 8.76. The summed E-state index contributed by atoms with van der Waals surface area (Å²) >= 11 is 0. The third kappa shape index (κ3) is 4.36. The molecule has 0 radical (unpaired) electrons. The molecule has 2 aliphatic rings. The van der Waals surface area contributed by atoms with Gasteiger partial charge in [-0.3, -0.25) is 14.4 Å². The van der Waals surface area contributed by atoms with Crippen LogP contribution in [0, 0.1) is 5.92 Å². The van der Waals surface area contributed by atoms with Crippen molar-refractivity contribution >= 4 is 23.4 Å². The molecule has 5 N–H and O–H groups in total. The number of benzene rings is 1. The minimum atomic E-state index is -0.605. The van der Waals surface area contributed by atoms with E-state index in [-0.39, 0.29) is 18.5 Å². The van der Waals surface area contributed by atoms with Crippen LogP contribution in [0.3, 0.4) is 0 Å². The number of fused-ring (bicyclic) bond motifs is 1. The Balaban J connectivity index is 1.59. The molecule has 1 aromatic carbocycles.